The molecule has 1 amide bonds. The fourth-order valence-electron chi connectivity index (χ4n) is 2.49. The van der Waals surface area contributed by atoms with Crippen LogP contribution in [0.3, 0.4) is 0 Å². The molecule has 1 N–H and O–H groups in total. The number of aryl methyl sites for hydroxylation is 2. The number of furan rings is 1. The molecule has 2 aromatic heterocycles. The fourth-order valence-corrected chi connectivity index (χ4v) is 2.49. The number of carbonyl (C=O) groups is 2. The molecule has 2 unspecified atom stereocenters. The van der Waals surface area contributed by atoms with Gasteiger partial charge in [0, 0.05) is 19.8 Å². The van der Waals surface area contributed by atoms with Crippen LogP contribution in [0.5, 0.6) is 0 Å². The molecule has 1 saturated heterocycles. The van der Waals surface area contributed by atoms with E-state index in [2.05, 4.69) is 10.3 Å². The molecule has 0 bridgehead atoms. The molecule has 0 saturated carbocycles. The third-order valence-electron chi connectivity index (χ3n) is 3.76. The van der Waals surface area contributed by atoms with Gasteiger partial charge >= 0.3 is 5.97 Å². The maximum absolute atomic E-state index is 12.2. The topological polar surface area (TPSA) is 89.4 Å². The summed E-state index contributed by atoms with van der Waals surface area (Å²) in [4.78, 5) is 30.1. The number of hydrogen-bond acceptors (Lipinski definition) is 6. The molecule has 1 fully saturated rings. The van der Waals surface area contributed by atoms with Gasteiger partial charge < -0.3 is 19.0 Å². The number of ether oxygens (including phenoxy) is 1. The van der Waals surface area contributed by atoms with E-state index in [4.69, 9.17) is 9.15 Å². The molecule has 1 aliphatic rings. The molecule has 0 spiro atoms. The molecule has 128 valence electrons. The number of esters is 1. The standard InChI is InChI=1S/C16H20N4O4/c1-4-23-16(22)14-17-13(9-19(14)3)18-15(21)12-8-20(12)7-11-6-5-10(2)24-11/h5-6,9,12H,4,7-8H2,1-3H3,(H,18,21). The summed E-state index contributed by atoms with van der Waals surface area (Å²) in [6.45, 7) is 5.16. The van der Waals surface area contributed by atoms with Gasteiger partial charge in [-0.25, -0.2) is 9.78 Å². The van der Waals surface area contributed by atoms with Gasteiger partial charge in [-0.05, 0) is 26.0 Å². The van der Waals surface area contributed by atoms with E-state index in [1.165, 1.54) is 4.57 Å². The lowest BCUT2D eigenvalue weighted by Crippen LogP contribution is -2.21. The molecule has 8 nitrogen and oxygen atoms in total. The van der Waals surface area contributed by atoms with Crippen molar-refractivity contribution in [2.24, 2.45) is 7.05 Å². The Balaban J connectivity index is 1.56. The van der Waals surface area contributed by atoms with Gasteiger partial charge in [-0.15, -0.1) is 0 Å². The Morgan fingerprint density at radius 2 is 2.25 bits per heavy atom. The molecule has 2 aromatic rings. The highest BCUT2D eigenvalue weighted by Gasteiger charge is 2.41. The summed E-state index contributed by atoms with van der Waals surface area (Å²) in [5.41, 5.74) is 0. The molecule has 0 aliphatic carbocycles. The largest absolute Gasteiger partial charge is 0.465 e. The van der Waals surface area contributed by atoms with Crippen molar-refractivity contribution in [3.05, 3.63) is 35.7 Å². The number of nitrogens with one attached hydrogen (secondary N) is 1. The molecule has 0 radical (unpaired) electrons. The molecular formula is C16H20N4O4. The Morgan fingerprint density at radius 3 is 2.92 bits per heavy atom. The van der Waals surface area contributed by atoms with Crippen LogP contribution < -0.4 is 5.32 Å². The molecule has 1 aliphatic heterocycles. The highest BCUT2D eigenvalue weighted by molar-refractivity contribution is 5.96. The Bertz CT molecular complexity index is 764. The summed E-state index contributed by atoms with van der Waals surface area (Å²) < 4.78 is 12.0. The van der Waals surface area contributed by atoms with E-state index in [1.54, 1.807) is 20.2 Å². The van der Waals surface area contributed by atoms with E-state index in [0.717, 1.165) is 11.5 Å². The Labute approximate surface area is 139 Å². The zero-order chi connectivity index (χ0) is 17.3. The van der Waals surface area contributed by atoms with Gasteiger partial charge in [0.15, 0.2) is 5.82 Å². The minimum Gasteiger partial charge on any atom is -0.465 e. The van der Waals surface area contributed by atoms with Crippen molar-refractivity contribution in [2.45, 2.75) is 26.4 Å². The third-order valence-corrected chi connectivity index (χ3v) is 3.76. The second-order valence-electron chi connectivity index (χ2n) is 5.73. The Hall–Kier alpha value is -2.61. The lowest BCUT2D eigenvalue weighted by atomic mass is 10.4. The summed E-state index contributed by atoms with van der Waals surface area (Å²) in [6.07, 6.45) is 1.59. The van der Waals surface area contributed by atoms with Gasteiger partial charge in [0.1, 0.15) is 17.6 Å². The van der Waals surface area contributed by atoms with Crippen molar-refractivity contribution < 1.29 is 18.7 Å². The van der Waals surface area contributed by atoms with E-state index < -0.39 is 5.97 Å². The monoisotopic (exact) mass is 332 g/mol. The third kappa shape index (κ3) is 3.48. The summed E-state index contributed by atoms with van der Waals surface area (Å²) in [5, 5.41) is 2.73. The van der Waals surface area contributed by atoms with E-state index in [9.17, 15) is 9.59 Å². The summed E-state index contributed by atoms with van der Waals surface area (Å²) in [6, 6.07) is 3.61. The molecule has 2 atom stereocenters. The highest BCUT2D eigenvalue weighted by Crippen LogP contribution is 2.23. The van der Waals surface area contributed by atoms with Gasteiger partial charge in [-0.3, -0.25) is 9.69 Å². The first-order valence-electron chi connectivity index (χ1n) is 7.78. The van der Waals surface area contributed by atoms with Crippen LogP contribution >= 0.6 is 0 Å². The van der Waals surface area contributed by atoms with E-state index >= 15 is 0 Å². The van der Waals surface area contributed by atoms with Crippen molar-refractivity contribution in [1.82, 2.24) is 14.5 Å². The first kappa shape index (κ1) is 16.3. The second-order valence-corrected chi connectivity index (χ2v) is 5.73. The Kier molecular flexibility index (Phi) is 4.39. The maximum Gasteiger partial charge on any atom is 0.374 e. The number of imidazole rings is 1. The van der Waals surface area contributed by atoms with Crippen molar-refractivity contribution in [2.75, 3.05) is 18.5 Å². The smallest absolute Gasteiger partial charge is 0.374 e. The van der Waals surface area contributed by atoms with Crippen molar-refractivity contribution >= 4 is 17.7 Å². The Morgan fingerprint density at radius 1 is 1.46 bits per heavy atom. The number of nitrogens with zero attached hydrogens (tertiary/aromatic N) is 3. The van der Waals surface area contributed by atoms with Gasteiger partial charge in [-0.1, -0.05) is 0 Å². The van der Waals surface area contributed by atoms with Crippen LogP contribution in [0.1, 0.15) is 29.1 Å². The zero-order valence-electron chi connectivity index (χ0n) is 13.9. The normalized spacial score (nSPS) is 19.1. The van der Waals surface area contributed by atoms with Gasteiger partial charge in [0.05, 0.1) is 13.2 Å². The minimum absolute atomic E-state index is 0.146. The van der Waals surface area contributed by atoms with E-state index in [0.29, 0.717) is 18.9 Å². The number of carbonyl (C=O) groups excluding carboxylic acids is 2. The van der Waals surface area contributed by atoms with Crippen LogP contribution in [0, 0.1) is 6.92 Å². The number of amides is 1. The van der Waals surface area contributed by atoms with Crippen LogP contribution in [0.25, 0.3) is 0 Å². The molecule has 24 heavy (non-hydrogen) atoms. The lowest BCUT2D eigenvalue weighted by Gasteiger charge is -2.02. The van der Waals surface area contributed by atoms with Crippen molar-refractivity contribution in [1.29, 1.82) is 0 Å². The SMILES string of the molecule is CCOC(=O)c1nc(NC(=O)C2CN2Cc2ccc(C)o2)cn1C. The fraction of sp³-hybridized carbons (Fsp3) is 0.438. The highest BCUT2D eigenvalue weighted by atomic mass is 16.5. The van der Waals surface area contributed by atoms with Crippen molar-refractivity contribution in [3.8, 4) is 0 Å². The van der Waals surface area contributed by atoms with Gasteiger partial charge in [-0.2, -0.15) is 0 Å². The number of rotatable bonds is 6. The predicted molar refractivity (Wildman–Crippen MR) is 85.4 cm³/mol. The number of aromatic nitrogens is 2. The van der Waals surface area contributed by atoms with Crippen molar-refractivity contribution in [3.63, 3.8) is 0 Å². The predicted octanol–water partition coefficient (Wildman–Crippen LogP) is 1.32. The molecule has 8 heteroatoms. The molecular weight excluding hydrogens is 312 g/mol. The van der Waals surface area contributed by atoms with Gasteiger partial charge in [0.2, 0.25) is 11.7 Å². The van der Waals surface area contributed by atoms with Crippen LogP contribution in [0.4, 0.5) is 5.82 Å². The van der Waals surface area contributed by atoms with Crippen LogP contribution in [0.15, 0.2) is 22.7 Å². The van der Waals surface area contributed by atoms with Gasteiger partial charge in [0.25, 0.3) is 0 Å². The minimum atomic E-state index is -0.512. The molecule has 0 aromatic carbocycles. The van der Waals surface area contributed by atoms with Crippen LogP contribution in [-0.2, 0) is 23.1 Å². The lowest BCUT2D eigenvalue weighted by molar-refractivity contribution is -0.116. The van der Waals surface area contributed by atoms with Crippen LogP contribution in [-0.4, -0.2) is 45.5 Å². The van der Waals surface area contributed by atoms with Crippen LogP contribution in [0.2, 0.25) is 0 Å². The first-order valence-corrected chi connectivity index (χ1v) is 7.78. The maximum atomic E-state index is 12.2. The number of anilines is 1. The van der Waals surface area contributed by atoms with E-state index in [1.807, 2.05) is 24.0 Å². The second kappa shape index (κ2) is 6.48. The summed E-state index contributed by atoms with van der Waals surface area (Å²) in [5.74, 6) is 1.53. The van der Waals surface area contributed by atoms with E-state index in [-0.39, 0.29) is 24.4 Å². The quantitative estimate of drug-likeness (QED) is 0.634. The summed E-state index contributed by atoms with van der Waals surface area (Å²) >= 11 is 0. The number of hydrogen-bond donors (Lipinski definition) is 1. The zero-order valence-corrected chi connectivity index (χ0v) is 13.9. The first-order chi connectivity index (χ1) is 11.5. The average molecular weight is 332 g/mol. The molecule has 3 rings (SSSR count). The summed E-state index contributed by atoms with van der Waals surface area (Å²) in [7, 11) is 1.68. The average Bonchev–Trinajstić information content (AvgIpc) is 3.02. The molecule has 3 heterocycles.